The summed E-state index contributed by atoms with van der Waals surface area (Å²) in [5, 5.41) is 3.16. The number of benzene rings is 3. The first-order valence-electron chi connectivity index (χ1n) is 11.3. The second-order valence-corrected chi connectivity index (χ2v) is 11.2. The zero-order valence-electron chi connectivity index (χ0n) is 19.7. The number of carbonyl (C=O) groups is 1. The fourth-order valence-corrected chi connectivity index (χ4v) is 6.14. The van der Waals surface area contributed by atoms with Crippen molar-refractivity contribution in [1.29, 1.82) is 0 Å². The summed E-state index contributed by atoms with van der Waals surface area (Å²) < 4.78 is 79.8. The first kappa shape index (κ1) is 27.1. The number of alkyl halides is 3. The average molecular weight is 555 g/mol. The largest absolute Gasteiger partial charge is 0.419 e. The van der Waals surface area contributed by atoms with Gasteiger partial charge in [-0.3, -0.25) is 4.79 Å². The topological polar surface area (TPSA) is 66.5 Å². The Labute approximate surface area is 217 Å². The second kappa shape index (κ2) is 10.4. The first-order valence-corrected chi connectivity index (χ1v) is 13.3. The molecule has 0 spiro atoms. The quantitative estimate of drug-likeness (QED) is 0.387. The molecular weight excluding hydrogens is 532 g/mol. The van der Waals surface area contributed by atoms with E-state index in [1.54, 1.807) is 37.3 Å². The highest BCUT2D eigenvalue weighted by Gasteiger charge is 2.34. The lowest BCUT2D eigenvalue weighted by Crippen LogP contribution is -2.37. The number of halogens is 5. The Kier molecular flexibility index (Phi) is 7.64. The van der Waals surface area contributed by atoms with E-state index in [9.17, 15) is 30.8 Å². The van der Waals surface area contributed by atoms with E-state index in [1.807, 2.05) is 6.07 Å². The van der Waals surface area contributed by atoms with Crippen LogP contribution in [0.4, 0.5) is 23.2 Å². The van der Waals surface area contributed by atoms with Crippen molar-refractivity contribution < 1.29 is 30.8 Å². The minimum absolute atomic E-state index is 0.0993. The molecule has 1 N–H and O–H groups in total. The molecule has 3 aromatic carbocycles. The number of hydrogen-bond acceptors (Lipinski definition) is 3. The summed E-state index contributed by atoms with van der Waals surface area (Å²) in [7, 11) is -3.66. The Morgan fingerprint density at radius 2 is 1.84 bits per heavy atom. The molecule has 0 radical (unpaired) electrons. The maximum absolute atomic E-state index is 13.9. The van der Waals surface area contributed by atoms with Crippen LogP contribution in [0.25, 0.3) is 0 Å². The number of nitrogens with zero attached hydrogens (tertiary/aromatic N) is 1. The predicted octanol–water partition coefficient (Wildman–Crippen LogP) is 5.88. The van der Waals surface area contributed by atoms with E-state index in [2.05, 4.69) is 5.32 Å². The van der Waals surface area contributed by atoms with Crippen LogP contribution in [0.15, 0.2) is 54.6 Å². The molecule has 0 aromatic heterocycles. The molecule has 0 unspecified atom stereocenters. The number of hydrogen-bond donors (Lipinski definition) is 1. The van der Waals surface area contributed by atoms with Crippen LogP contribution in [0.3, 0.4) is 0 Å². The van der Waals surface area contributed by atoms with Gasteiger partial charge >= 0.3 is 6.18 Å². The number of anilines is 1. The highest BCUT2D eigenvalue weighted by molar-refractivity contribution is 7.88. The highest BCUT2D eigenvalue weighted by atomic mass is 35.5. The summed E-state index contributed by atoms with van der Waals surface area (Å²) in [4.78, 5) is 12.7. The second-order valence-electron chi connectivity index (χ2n) is 8.86. The number of amides is 1. The van der Waals surface area contributed by atoms with Gasteiger partial charge in [0, 0.05) is 23.8 Å². The summed E-state index contributed by atoms with van der Waals surface area (Å²) in [5.41, 5.74) is 2.01. The molecule has 11 heteroatoms. The van der Waals surface area contributed by atoms with Gasteiger partial charge in [-0.1, -0.05) is 48.0 Å². The lowest BCUT2D eigenvalue weighted by molar-refractivity contribution is -0.140. The van der Waals surface area contributed by atoms with Crippen LogP contribution >= 0.6 is 11.6 Å². The predicted molar refractivity (Wildman–Crippen MR) is 133 cm³/mol. The van der Waals surface area contributed by atoms with E-state index in [0.717, 1.165) is 22.8 Å². The van der Waals surface area contributed by atoms with Crippen LogP contribution < -0.4 is 5.32 Å². The Morgan fingerprint density at radius 3 is 2.51 bits per heavy atom. The van der Waals surface area contributed by atoms with Crippen LogP contribution in [0, 0.1) is 12.7 Å². The van der Waals surface area contributed by atoms with Gasteiger partial charge < -0.3 is 5.32 Å². The van der Waals surface area contributed by atoms with Crippen LogP contribution in [0.1, 0.15) is 33.4 Å². The van der Waals surface area contributed by atoms with Crippen molar-refractivity contribution >= 4 is 33.2 Å². The molecule has 4 rings (SSSR count). The lowest BCUT2D eigenvalue weighted by Gasteiger charge is -2.30. The van der Waals surface area contributed by atoms with E-state index in [4.69, 9.17) is 11.6 Å². The zero-order valence-corrected chi connectivity index (χ0v) is 21.3. The van der Waals surface area contributed by atoms with Crippen LogP contribution in [0.5, 0.6) is 0 Å². The van der Waals surface area contributed by atoms with Gasteiger partial charge in [0.05, 0.1) is 17.7 Å². The number of fused-ring (bicyclic) bond motifs is 1. The Hall–Kier alpha value is -2.95. The van der Waals surface area contributed by atoms with Gasteiger partial charge in [-0.15, -0.1) is 0 Å². The highest BCUT2D eigenvalue weighted by Crippen LogP contribution is 2.33. The van der Waals surface area contributed by atoms with Crippen molar-refractivity contribution in [3.05, 3.63) is 98.8 Å². The van der Waals surface area contributed by atoms with E-state index >= 15 is 0 Å². The molecule has 1 aliphatic rings. The summed E-state index contributed by atoms with van der Waals surface area (Å²) >= 11 is 6.14. The SMILES string of the molecule is Cc1ccc2c(c1NC(=O)Cc1ccc(C(F)(F)F)c(F)c1)CCN(S(=O)(=O)Cc1ccccc1Cl)C2. The molecule has 0 atom stereocenters. The lowest BCUT2D eigenvalue weighted by atomic mass is 9.95. The molecule has 37 heavy (non-hydrogen) atoms. The molecule has 0 saturated heterocycles. The van der Waals surface area contributed by atoms with Gasteiger partial charge in [-0.25, -0.2) is 12.8 Å². The van der Waals surface area contributed by atoms with Gasteiger partial charge in [0.15, 0.2) is 0 Å². The molecule has 0 saturated carbocycles. The number of carbonyl (C=O) groups excluding carboxylic acids is 1. The van der Waals surface area contributed by atoms with Crippen LogP contribution in [0.2, 0.25) is 5.02 Å². The van der Waals surface area contributed by atoms with E-state index in [-0.39, 0.29) is 30.8 Å². The number of aryl methyl sites for hydroxylation is 1. The minimum atomic E-state index is -4.82. The van der Waals surface area contributed by atoms with E-state index < -0.39 is 33.5 Å². The normalized spacial score (nSPS) is 14.3. The van der Waals surface area contributed by atoms with Gasteiger partial charge in [-0.2, -0.15) is 17.5 Å². The Morgan fingerprint density at radius 1 is 1.11 bits per heavy atom. The molecule has 1 aliphatic heterocycles. The van der Waals surface area contributed by atoms with Crippen molar-refractivity contribution in [1.82, 2.24) is 4.31 Å². The van der Waals surface area contributed by atoms with Crippen LogP contribution in [-0.4, -0.2) is 25.2 Å². The molecule has 0 fully saturated rings. The van der Waals surface area contributed by atoms with Crippen molar-refractivity contribution in [3.63, 3.8) is 0 Å². The first-order chi connectivity index (χ1) is 17.3. The molecule has 5 nitrogen and oxygen atoms in total. The van der Waals surface area contributed by atoms with Gasteiger partial charge in [0.1, 0.15) is 5.82 Å². The summed E-state index contributed by atoms with van der Waals surface area (Å²) in [6, 6.07) is 12.7. The smallest absolute Gasteiger partial charge is 0.325 e. The fourth-order valence-electron chi connectivity index (χ4n) is 4.33. The number of nitrogens with one attached hydrogen (secondary N) is 1. The zero-order chi connectivity index (χ0) is 27.0. The molecule has 3 aromatic rings. The third kappa shape index (κ3) is 6.14. The van der Waals surface area contributed by atoms with Gasteiger partial charge in [-0.05, 0) is 59.4 Å². The summed E-state index contributed by atoms with van der Waals surface area (Å²) in [5.74, 6) is -2.20. The third-order valence-corrected chi connectivity index (χ3v) is 8.38. The molecule has 0 bridgehead atoms. The Bertz CT molecular complexity index is 1460. The number of rotatable bonds is 6. The minimum Gasteiger partial charge on any atom is -0.325 e. The van der Waals surface area contributed by atoms with Gasteiger partial charge in [0.2, 0.25) is 15.9 Å². The van der Waals surface area contributed by atoms with Crippen molar-refractivity contribution in [3.8, 4) is 0 Å². The third-order valence-electron chi connectivity index (χ3n) is 6.23. The van der Waals surface area contributed by atoms with Gasteiger partial charge in [0.25, 0.3) is 0 Å². The number of sulfonamides is 1. The molecular formula is C26H23ClF4N2O3S. The molecule has 196 valence electrons. The average Bonchev–Trinajstić information content (AvgIpc) is 2.81. The summed E-state index contributed by atoms with van der Waals surface area (Å²) in [6.45, 7) is 2.11. The summed E-state index contributed by atoms with van der Waals surface area (Å²) in [6.07, 6.45) is -4.79. The maximum Gasteiger partial charge on any atom is 0.419 e. The Balaban J connectivity index is 1.49. The van der Waals surface area contributed by atoms with Crippen molar-refractivity contribution in [2.24, 2.45) is 0 Å². The van der Waals surface area contributed by atoms with Crippen molar-refractivity contribution in [2.75, 3.05) is 11.9 Å². The van der Waals surface area contributed by atoms with Crippen LogP contribution in [-0.2, 0) is 46.1 Å². The maximum atomic E-state index is 13.9. The molecule has 1 amide bonds. The molecule has 0 aliphatic carbocycles. The standard InChI is InChI=1S/C26H23ClF4N2O3S/c1-16-6-8-18-14-33(37(35,36)15-19-4-2-3-5-22(19)27)11-10-20(18)25(16)32-24(34)13-17-7-9-21(23(28)12-17)26(29,30)31/h2-9,12H,10-11,13-15H2,1H3,(H,32,34). The molecule has 1 heterocycles. The van der Waals surface area contributed by atoms with Crippen molar-refractivity contribution in [2.45, 2.75) is 38.2 Å². The monoisotopic (exact) mass is 554 g/mol. The fraction of sp³-hybridized carbons (Fsp3) is 0.269. The van der Waals surface area contributed by atoms with E-state index in [0.29, 0.717) is 34.8 Å². The van der Waals surface area contributed by atoms with E-state index in [1.165, 1.54) is 4.31 Å².